The van der Waals surface area contributed by atoms with E-state index in [0.29, 0.717) is 5.69 Å². The van der Waals surface area contributed by atoms with Crippen molar-refractivity contribution in [2.45, 2.75) is 12.5 Å². The number of hydrogen-bond donors (Lipinski definition) is 1. The second-order valence-corrected chi connectivity index (χ2v) is 3.63. The van der Waals surface area contributed by atoms with Gasteiger partial charge in [-0.3, -0.25) is 4.90 Å². The molecule has 0 radical (unpaired) electrons. The van der Waals surface area contributed by atoms with Crippen LogP contribution in [0.1, 0.15) is 6.42 Å². The van der Waals surface area contributed by atoms with Crippen LogP contribution in [0, 0.1) is 5.82 Å². The fourth-order valence-corrected chi connectivity index (χ4v) is 1.61. The van der Waals surface area contributed by atoms with Gasteiger partial charge in [-0.2, -0.15) is 0 Å². The van der Waals surface area contributed by atoms with Gasteiger partial charge in [0, 0.05) is 18.7 Å². The zero-order valence-electron chi connectivity index (χ0n) is 8.80. The molecule has 1 aliphatic heterocycles. The molecule has 1 aliphatic rings. The first-order valence-corrected chi connectivity index (χ1v) is 5.04. The number of carboxylic acid groups (broad SMARTS) is 1. The fraction of sp³-hybridized carbons (Fsp3) is 0.273. The average molecular weight is 239 g/mol. The van der Waals surface area contributed by atoms with Crippen LogP contribution < -0.4 is 4.90 Å². The lowest BCUT2D eigenvalue weighted by Gasteiger charge is -2.29. The molecule has 0 aliphatic carbocycles. The fourth-order valence-electron chi connectivity index (χ4n) is 1.61. The third-order valence-electron chi connectivity index (χ3n) is 2.49. The average Bonchev–Trinajstić information content (AvgIpc) is 2.30. The molecule has 0 bridgehead atoms. The predicted octanol–water partition coefficient (Wildman–Crippen LogP) is 1.63. The largest absolute Gasteiger partial charge is 0.479 e. The highest BCUT2D eigenvalue weighted by atomic mass is 19.1. The van der Waals surface area contributed by atoms with Crippen molar-refractivity contribution in [1.29, 1.82) is 0 Å². The second kappa shape index (κ2) is 4.40. The van der Waals surface area contributed by atoms with Crippen molar-refractivity contribution in [3.8, 4) is 0 Å². The van der Waals surface area contributed by atoms with E-state index in [-0.39, 0.29) is 13.0 Å². The van der Waals surface area contributed by atoms with Crippen LogP contribution in [-0.4, -0.2) is 29.8 Å². The Hall–Kier alpha value is -2.11. The smallest absolute Gasteiger partial charge is 0.415 e. The minimum absolute atomic E-state index is 0.207. The first-order valence-electron chi connectivity index (χ1n) is 5.04. The standard InChI is InChI=1S/C11H10FNO4/c12-7-1-3-8(4-2-7)13-6-5-9(10(14)15)17-11(13)16/h1-4,9H,5-6H2,(H,14,15). The Labute approximate surface area is 96.4 Å². The van der Waals surface area contributed by atoms with Gasteiger partial charge in [0.2, 0.25) is 6.10 Å². The monoisotopic (exact) mass is 239 g/mol. The van der Waals surface area contributed by atoms with E-state index in [0.717, 1.165) is 0 Å². The maximum absolute atomic E-state index is 12.7. The lowest BCUT2D eigenvalue weighted by Crippen LogP contribution is -2.44. The summed E-state index contributed by atoms with van der Waals surface area (Å²) >= 11 is 0. The van der Waals surface area contributed by atoms with E-state index in [2.05, 4.69) is 0 Å². The second-order valence-electron chi connectivity index (χ2n) is 3.63. The molecule has 1 saturated heterocycles. The van der Waals surface area contributed by atoms with Crippen LogP contribution in [0.3, 0.4) is 0 Å². The quantitative estimate of drug-likeness (QED) is 0.851. The van der Waals surface area contributed by atoms with Crippen molar-refractivity contribution in [3.05, 3.63) is 30.1 Å². The van der Waals surface area contributed by atoms with Gasteiger partial charge in [-0.05, 0) is 24.3 Å². The molecule has 1 aromatic carbocycles. The zero-order chi connectivity index (χ0) is 12.4. The third kappa shape index (κ3) is 2.35. The number of aliphatic carboxylic acids is 1. The van der Waals surface area contributed by atoms with Gasteiger partial charge in [0.1, 0.15) is 5.82 Å². The van der Waals surface area contributed by atoms with E-state index >= 15 is 0 Å². The lowest BCUT2D eigenvalue weighted by molar-refractivity contribution is -0.147. The van der Waals surface area contributed by atoms with Crippen LogP contribution in [0.25, 0.3) is 0 Å². The number of carboxylic acids is 1. The van der Waals surface area contributed by atoms with Crippen molar-refractivity contribution >= 4 is 17.7 Å². The summed E-state index contributed by atoms with van der Waals surface area (Å²) in [7, 11) is 0. The van der Waals surface area contributed by atoms with Crippen LogP contribution >= 0.6 is 0 Å². The first kappa shape index (κ1) is 11.4. The number of cyclic esters (lactones) is 1. The highest BCUT2D eigenvalue weighted by Gasteiger charge is 2.32. The molecule has 1 fully saturated rings. The summed E-state index contributed by atoms with van der Waals surface area (Å²) in [6.07, 6.45) is -1.62. The Balaban J connectivity index is 2.12. The molecule has 90 valence electrons. The van der Waals surface area contributed by atoms with Crippen LogP contribution in [0.15, 0.2) is 24.3 Å². The number of rotatable bonds is 2. The molecule has 1 unspecified atom stereocenters. The molecule has 17 heavy (non-hydrogen) atoms. The Morgan fingerprint density at radius 2 is 2.06 bits per heavy atom. The summed E-state index contributed by atoms with van der Waals surface area (Å²) in [5.74, 6) is -1.56. The highest BCUT2D eigenvalue weighted by Crippen LogP contribution is 2.21. The Bertz CT molecular complexity index is 445. The normalized spacial score (nSPS) is 19.9. The highest BCUT2D eigenvalue weighted by molar-refractivity contribution is 5.90. The van der Waals surface area contributed by atoms with E-state index in [9.17, 15) is 14.0 Å². The summed E-state index contributed by atoms with van der Waals surface area (Å²) in [6.45, 7) is 0.238. The van der Waals surface area contributed by atoms with Gasteiger partial charge in [0.15, 0.2) is 0 Å². The number of carbonyl (C=O) groups is 2. The number of amides is 1. The topological polar surface area (TPSA) is 66.8 Å². The molecule has 6 heteroatoms. The summed E-state index contributed by atoms with van der Waals surface area (Å²) in [6, 6.07) is 5.34. The SMILES string of the molecule is O=C(O)C1CCN(c2ccc(F)cc2)C(=O)O1. The van der Waals surface area contributed by atoms with Gasteiger partial charge in [-0.25, -0.2) is 14.0 Å². The Morgan fingerprint density at radius 1 is 1.41 bits per heavy atom. The van der Waals surface area contributed by atoms with E-state index < -0.39 is 24.0 Å². The van der Waals surface area contributed by atoms with Crippen LogP contribution in [0.2, 0.25) is 0 Å². The third-order valence-corrected chi connectivity index (χ3v) is 2.49. The lowest BCUT2D eigenvalue weighted by atomic mass is 10.2. The van der Waals surface area contributed by atoms with Gasteiger partial charge in [0.25, 0.3) is 0 Å². The molecule has 1 aromatic rings. The van der Waals surface area contributed by atoms with Gasteiger partial charge in [0.05, 0.1) is 0 Å². The summed E-state index contributed by atoms with van der Waals surface area (Å²) in [5, 5.41) is 8.70. The van der Waals surface area contributed by atoms with Gasteiger partial charge in [-0.15, -0.1) is 0 Å². The van der Waals surface area contributed by atoms with Crippen molar-refractivity contribution in [3.63, 3.8) is 0 Å². The van der Waals surface area contributed by atoms with E-state index in [1.54, 1.807) is 0 Å². The van der Waals surface area contributed by atoms with Crippen molar-refractivity contribution in [1.82, 2.24) is 0 Å². The molecule has 5 nitrogen and oxygen atoms in total. The van der Waals surface area contributed by atoms with Gasteiger partial charge < -0.3 is 9.84 Å². The molecule has 2 rings (SSSR count). The summed E-state index contributed by atoms with van der Waals surface area (Å²) < 4.78 is 17.4. The minimum Gasteiger partial charge on any atom is -0.479 e. The van der Waals surface area contributed by atoms with E-state index in [4.69, 9.17) is 9.84 Å². The van der Waals surface area contributed by atoms with Crippen molar-refractivity contribution in [2.24, 2.45) is 0 Å². The first-order chi connectivity index (χ1) is 8.08. The number of benzene rings is 1. The molecule has 1 amide bonds. The molecule has 1 atom stereocenters. The van der Waals surface area contributed by atoms with Crippen LogP contribution in [0.4, 0.5) is 14.9 Å². The zero-order valence-corrected chi connectivity index (χ0v) is 8.80. The number of nitrogens with zero attached hydrogens (tertiary/aromatic N) is 1. The van der Waals surface area contributed by atoms with Gasteiger partial charge >= 0.3 is 12.1 Å². The number of hydrogen-bond acceptors (Lipinski definition) is 3. The predicted molar refractivity (Wildman–Crippen MR) is 56.3 cm³/mol. The summed E-state index contributed by atoms with van der Waals surface area (Å²) in [5.41, 5.74) is 0.486. The Morgan fingerprint density at radius 3 is 2.59 bits per heavy atom. The number of ether oxygens (including phenoxy) is 1. The number of halogens is 1. The summed E-state index contributed by atoms with van der Waals surface area (Å²) in [4.78, 5) is 23.5. The van der Waals surface area contributed by atoms with Crippen molar-refractivity contribution in [2.75, 3.05) is 11.4 Å². The Kier molecular flexibility index (Phi) is 2.95. The maximum atomic E-state index is 12.7. The van der Waals surface area contributed by atoms with Gasteiger partial charge in [-0.1, -0.05) is 0 Å². The molecule has 0 saturated carbocycles. The molecule has 0 aromatic heterocycles. The van der Waals surface area contributed by atoms with Crippen LogP contribution in [-0.2, 0) is 9.53 Å². The minimum atomic E-state index is -1.16. The molecule has 1 N–H and O–H groups in total. The number of anilines is 1. The van der Waals surface area contributed by atoms with E-state index in [1.807, 2.05) is 0 Å². The number of carbonyl (C=O) groups excluding carboxylic acids is 1. The molecular weight excluding hydrogens is 229 g/mol. The molecular formula is C11H10FNO4. The maximum Gasteiger partial charge on any atom is 0.415 e. The van der Waals surface area contributed by atoms with Crippen molar-refractivity contribution < 1.29 is 23.8 Å². The molecule has 0 spiro atoms. The molecule has 1 heterocycles. The van der Waals surface area contributed by atoms with E-state index in [1.165, 1.54) is 29.2 Å². The van der Waals surface area contributed by atoms with Crippen LogP contribution in [0.5, 0.6) is 0 Å².